The number of amides is 3. The van der Waals surface area contributed by atoms with Crippen LogP contribution < -0.4 is 16.0 Å². The van der Waals surface area contributed by atoms with Crippen LogP contribution in [0.15, 0.2) is 57.8 Å². The summed E-state index contributed by atoms with van der Waals surface area (Å²) in [5, 5.41) is 16.8. The van der Waals surface area contributed by atoms with E-state index in [9.17, 15) is 24.3 Å². The average Bonchev–Trinajstić information content (AvgIpc) is 3.39. The van der Waals surface area contributed by atoms with Gasteiger partial charge in [0, 0.05) is 42.1 Å². The second kappa shape index (κ2) is 11.0. The van der Waals surface area contributed by atoms with Crippen molar-refractivity contribution in [3.8, 4) is 11.4 Å². The number of nitrogens with one attached hydrogen (secondary N) is 2. The number of hydrogen-bond acceptors (Lipinski definition) is 9. The lowest BCUT2D eigenvalue weighted by atomic mass is 10.1. The predicted molar refractivity (Wildman–Crippen MR) is 132 cm³/mol. The summed E-state index contributed by atoms with van der Waals surface area (Å²) in [4.78, 5) is 55.5. The van der Waals surface area contributed by atoms with Crippen molar-refractivity contribution in [1.29, 1.82) is 0 Å². The van der Waals surface area contributed by atoms with Gasteiger partial charge in [-0.1, -0.05) is 11.2 Å². The molecule has 0 bridgehead atoms. The summed E-state index contributed by atoms with van der Waals surface area (Å²) in [5.41, 5.74) is 1.79. The van der Waals surface area contributed by atoms with E-state index in [0.717, 1.165) is 0 Å². The Morgan fingerprint density at radius 2 is 1.82 bits per heavy atom. The third-order valence-corrected chi connectivity index (χ3v) is 6.25. The molecule has 13 nitrogen and oxygen atoms in total. The molecule has 2 aromatic carbocycles. The summed E-state index contributed by atoms with van der Waals surface area (Å²) in [5.74, 6) is -2.05. The molecule has 2 saturated heterocycles. The predicted octanol–water partition coefficient (Wildman–Crippen LogP) is 0.234. The van der Waals surface area contributed by atoms with Gasteiger partial charge in [0.25, 0.3) is 17.7 Å². The molecule has 3 aromatic rings. The van der Waals surface area contributed by atoms with Gasteiger partial charge >= 0.3 is 5.76 Å². The van der Waals surface area contributed by atoms with Crippen molar-refractivity contribution >= 4 is 29.1 Å². The van der Waals surface area contributed by atoms with Gasteiger partial charge in [-0.3, -0.25) is 23.9 Å². The molecule has 0 spiro atoms. The lowest BCUT2D eigenvalue weighted by Crippen LogP contribution is -2.55. The van der Waals surface area contributed by atoms with Gasteiger partial charge in [0.15, 0.2) is 18.0 Å². The van der Waals surface area contributed by atoms with Crippen LogP contribution in [0.1, 0.15) is 10.4 Å². The number of carbonyl (C=O) groups excluding carboxylic acids is 3. The number of anilines is 2. The van der Waals surface area contributed by atoms with E-state index in [1.54, 1.807) is 53.4 Å². The number of ether oxygens (including phenoxy) is 2. The molecule has 2 aliphatic rings. The molecule has 38 heavy (non-hydrogen) atoms. The van der Waals surface area contributed by atoms with Crippen LogP contribution in [0.5, 0.6) is 0 Å². The Kier molecular flexibility index (Phi) is 7.31. The van der Waals surface area contributed by atoms with E-state index in [4.69, 9.17) is 9.47 Å². The number of benzene rings is 2. The smallest absolute Gasteiger partial charge is 0.380 e. The number of carbonyl (C=O) groups is 3. The zero-order valence-electron chi connectivity index (χ0n) is 20.2. The third-order valence-electron chi connectivity index (χ3n) is 6.25. The van der Waals surface area contributed by atoms with E-state index in [1.807, 2.05) is 0 Å². The highest BCUT2D eigenvalue weighted by Crippen LogP contribution is 2.23. The van der Waals surface area contributed by atoms with Crippen LogP contribution in [-0.4, -0.2) is 89.5 Å². The van der Waals surface area contributed by atoms with Crippen molar-refractivity contribution in [1.82, 2.24) is 15.0 Å². The Hall–Kier alpha value is -4.33. The zero-order valence-corrected chi connectivity index (χ0v) is 20.2. The van der Waals surface area contributed by atoms with Crippen LogP contribution in [0.3, 0.4) is 0 Å². The van der Waals surface area contributed by atoms with Gasteiger partial charge in [-0.05, 0) is 42.5 Å². The number of H-pyrrole nitrogens is 1. The quantitative estimate of drug-likeness (QED) is 0.410. The molecular weight excluding hydrogens is 498 g/mol. The first-order chi connectivity index (χ1) is 18.4. The Bertz CT molecular complexity index is 1380. The van der Waals surface area contributed by atoms with Crippen LogP contribution >= 0.6 is 0 Å². The van der Waals surface area contributed by atoms with E-state index in [2.05, 4.69) is 20.0 Å². The van der Waals surface area contributed by atoms with Crippen molar-refractivity contribution in [2.75, 3.05) is 49.7 Å². The fraction of sp³-hybridized carbons (Fsp3) is 0.320. The van der Waals surface area contributed by atoms with Crippen LogP contribution in [0.4, 0.5) is 11.4 Å². The standard InChI is InChI=1S/C25H25N5O8/c31-19(22(32)26-17-6-4-15(5-7-17)21-27-25(35)38-28-21)20-24(34)30(10-13-37-20)18-3-1-2-16(14-18)23(33)29-8-11-36-12-9-29/h1-7,14,19-20,31H,8-13H2,(H,26,32)(H,27,28,35)/t19-,20-/m1/s1. The van der Waals surface area contributed by atoms with E-state index >= 15 is 0 Å². The first-order valence-electron chi connectivity index (χ1n) is 12.0. The number of aromatic amines is 1. The fourth-order valence-electron chi connectivity index (χ4n) is 4.26. The van der Waals surface area contributed by atoms with Crippen molar-refractivity contribution in [2.24, 2.45) is 0 Å². The molecule has 3 amide bonds. The summed E-state index contributed by atoms with van der Waals surface area (Å²) in [6.07, 6.45) is -3.21. The molecule has 1 aromatic heterocycles. The molecule has 2 aliphatic heterocycles. The largest absolute Gasteiger partial charge is 0.439 e. The van der Waals surface area contributed by atoms with Gasteiger partial charge in [0.2, 0.25) is 0 Å². The number of nitrogens with zero attached hydrogens (tertiary/aromatic N) is 3. The SMILES string of the molecule is O=C(Nc1ccc(-c2noc(=O)[nH]2)cc1)[C@H](O)[C@H]1OCCN(c2cccc(C(=O)N3CCOCC3)c2)C1=O. The number of rotatable bonds is 6. The Balaban J connectivity index is 1.25. The maximum atomic E-state index is 13.2. The maximum absolute atomic E-state index is 13.2. The average molecular weight is 524 g/mol. The molecule has 2 fully saturated rings. The second-order valence-corrected chi connectivity index (χ2v) is 8.69. The van der Waals surface area contributed by atoms with Gasteiger partial charge in [-0.15, -0.1) is 0 Å². The minimum absolute atomic E-state index is 0.0903. The number of morpholine rings is 2. The zero-order chi connectivity index (χ0) is 26.6. The van der Waals surface area contributed by atoms with Crippen molar-refractivity contribution in [2.45, 2.75) is 12.2 Å². The number of hydrogen-bond donors (Lipinski definition) is 3. The highest BCUT2D eigenvalue weighted by molar-refractivity contribution is 6.04. The summed E-state index contributed by atoms with van der Waals surface area (Å²) in [6.45, 7) is 2.22. The summed E-state index contributed by atoms with van der Waals surface area (Å²) >= 11 is 0. The van der Waals surface area contributed by atoms with Gasteiger partial charge in [-0.25, -0.2) is 4.79 Å². The van der Waals surface area contributed by atoms with Gasteiger partial charge in [0.1, 0.15) is 0 Å². The minimum atomic E-state index is -1.78. The first-order valence-corrected chi connectivity index (χ1v) is 12.0. The Morgan fingerprint density at radius 1 is 1.05 bits per heavy atom. The lowest BCUT2D eigenvalue weighted by Gasteiger charge is -2.34. The molecule has 0 unspecified atom stereocenters. The van der Waals surface area contributed by atoms with E-state index in [1.165, 1.54) is 4.90 Å². The van der Waals surface area contributed by atoms with Crippen LogP contribution in [0, 0.1) is 0 Å². The van der Waals surface area contributed by atoms with Crippen LogP contribution in [0.2, 0.25) is 0 Å². The van der Waals surface area contributed by atoms with E-state index < -0.39 is 29.8 Å². The van der Waals surface area contributed by atoms with Crippen molar-refractivity contribution in [3.05, 3.63) is 64.6 Å². The molecule has 0 aliphatic carbocycles. The number of aromatic nitrogens is 2. The van der Waals surface area contributed by atoms with E-state index in [0.29, 0.717) is 48.8 Å². The second-order valence-electron chi connectivity index (χ2n) is 8.69. The highest BCUT2D eigenvalue weighted by Gasteiger charge is 2.39. The molecule has 5 rings (SSSR count). The van der Waals surface area contributed by atoms with Crippen molar-refractivity contribution in [3.63, 3.8) is 0 Å². The van der Waals surface area contributed by atoms with Crippen LogP contribution in [-0.2, 0) is 19.1 Å². The molecule has 198 valence electrons. The molecule has 13 heteroatoms. The number of aliphatic hydroxyl groups excluding tert-OH is 1. The maximum Gasteiger partial charge on any atom is 0.439 e. The molecule has 3 N–H and O–H groups in total. The molecular formula is C25H25N5O8. The monoisotopic (exact) mass is 523 g/mol. The third kappa shape index (κ3) is 5.34. The Morgan fingerprint density at radius 3 is 2.53 bits per heavy atom. The lowest BCUT2D eigenvalue weighted by molar-refractivity contribution is -0.150. The van der Waals surface area contributed by atoms with Gasteiger partial charge in [-0.2, -0.15) is 0 Å². The molecule has 0 saturated carbocycles. The first kappa shape index (κ1) is 25.3. The number of aliphatic hydroxyl groups is 1. The van der Waals surface area contributed by atoms with Gasteiger partial charge < -0.3 is 29.7 Å². The summed E-state index contributed by atoms with van der Waals surface area (Å²) in [7, 11) is 0. The van der Waals surface area contributed by atoms with Crippen LogP contribution in [0.25, 0.3) is 11.4 Å². The van der Waals surface area contributed by atoms with Crippen molar-refractivity contribution < 1.29 is 33.5 Å². The molecule has 2 atom stereocenters. The van der Waals surface area contributed by atoms with E-state index in [-0.39, 0.29) is 24.9 Å². The fourth-order valence-corrected chi connectivity index (χ4v) is 4.26. The topological polar surface area (TPSA) is 167 Å². The normalized spacial score (nSPS) is 18.8. The summed E-state index contributed by atoms with van der Waals surface area (Å²) < 4.78 is 15.2. The molecule has 3 heterocycles. The Labute approximate surface area is 215 Å². The molecule has 0 radical (unpaired) electrons. The highest BCUT2D eigenvalue weighted by atomic mass is 16.5. The summed E-state index contributed by atoms with van der Waals surface area (Å²) in [6, 6.07) is 12.9. The minimum Gasteiger partial charge on any atom is -0.380 e. The van der Waals surface area contributed by atoms with Gasteiger partial charge in [0.05, 0.1) is 19.8 Å².